The van der Waals surface area contributed by atoms with E-state index in [0.29, 0.717) is 33.5 Å². The lowest BCUT2D eigenvalue weighted by Crippen LogP contribution is -2.50. The molecule has 2 aromatic carbocycles. The second-order valence-corrected chi connectivity index (χ2v) is 12.2. The average Bonchev–Trinajstić information content (AvgIpc) is 2.82. The van der Waals surface area contributed by atoms with Crippen LogP contribution in [-0.4, -0.2) is 57.1 Å². The average molecular weight is 607 g/mol. The van der Waals surface area contributed by atoms with Crippen molar-refractivity contribution in [3.8, 4) is 5.75 Å². The van der Waals surface area contributed by atoms with Crippen molar-refractivity contribution in [3.05, 3.63) is 57.0 Å². The van der Waals surface area contributed by atoms with Crippen molar-refractivity contribution in [1.29, 1.82) is 0 Å². The topological polar surface area (TPSA) is 96.0 Å². The highest BCUT2D eigenvalue weighted by atomic mass is 35.5. The van der Waals surface area contributed by atoms with Gasteiger partial charge in [0.1, 0.15) is 11.8 Å². The maximum absolute atomic E-state index is 13.5. The summed E-state index contributed by atoms with van der Waals surface area (Å²) in [5.74, 6) is -0.133. The van der Waals surface area contributed by atoms with Gasteiger partial charge in [-0.15, -0.1) is 0 Å². The first-order valence-corrected chi connectivity index (χ1v) is 15.1. The molecule has 0 aliphatic heterocycles. The van der Waals surface area contributed by atoms with Crippen molar-refractivity contribution in [2.45, 2.75) is 58.7 Å². The van der Waals surface area contributed by atoms with E-state index in [4.69, 9.17) is 39.5 Å². The number of hydrogen-bond donors (Lipinski definition) is 1. The lowest BCUT2D eigenvalue weighted by molar-refractivity contribution is -0.141. The summed E-state index contributed by atoms with van der Waals surface area (Å²) >= 11 is 18.4. The van der Waals surface area contributed by atoms with Crippen LogP contribution in [0.4, 0.5) is 5.69 Å². The van der Waals surface area contributed by atoms with Crippen LogP contribution in [0.15, 0.2) is 36.4 Å². The van der Waals surface area contributed by atoms with Gasteiger partial charge in [0.15, 0.2) is 0 Å². The molecule has 0 radical (unpaired) electrons. The Bertz CT molecular complexity index is 1240. The predicted molar refractivity (Wildman–Crippen MR) is 154 cm³/mol. The van der Waals surface area contributed by atoms with Crippen LogP contribution in [-0.2, 0) is 26.2 Å². The van der Waals surface area contributed by atoms with Gasteiger partial charge in [0.05, 0.1) is 34.1 Å². The molecule has 1 atom stereocenters. The van der Waals surface area contributed by atoms with E-state index < -0.39 is 16.1 Å². The summed E-state index contributed by atoms with van der Waals surface area (Å²) in [6, 6.07) is 8.91. The molecule has 2 amide bonds. The molecule has 8 nitrogen and oxygen atoms in total. The number of methoxy groups -OCH3 is 1. The Morgan fingerprint density at radius 3 is 2.24 bits per heavy atom. The summed E-state index contributed by atoms with van der Waals surface area (Å²) in [5, 5.41) is 3.88. The summed E-state index contributed by atoms with van der Waals surface area (Å²) in [6.07, 6.45) is 1.72. The molecule has 1 N–H and O–H groups in total. The summed E-state index contributed by atoms with van der Waals surface area (Å²) in [4.78, 5) is 27.9. The zero-order valence-electron chi connectivity index (χ0n) is 22.1. The number of ether oxygens (including phenoxy) is 1. The largest absolute Gasteiger partial charge is 0.495 e. The standard InChI is InChI=1S/C26H34Cl3N3O5S/c1-6-23(26(34)30-17(2)3)31(16-18-9-11-20(27)21(28)14-18)25(33)8-7-13-32(38(5,35)36)19-10-12-24(37-4)22(29)15-19/h9-12,14-15,17,23H,6-8,13,16H2,1-5H3,(H,30,34)/t23-/m1/s1. The number of anilines is 1. The van der Waals surface area contributed by atoms with Crippen LogP contribution in [0.2, 0.25) is 15.1 Å². The molecule has 0 spiro atoms. The molecular weight excluding hydrogens is 573 g/mol. The third kappa shape index (κ3) is 8.93. The number of nitrogens with zero attached hydrogens (tertiary/aromatic N) is 2. The third-order valence-corrected chi connectivity index (χ3v) is 7.96. The number of amides is 2. The minimum absolute atomic E-state index is 0.0166. The van der Waals surface area contributed by atoms with Gasteiger partial charge >= 0.3 is 0 Å². The normalized spacial score (nSPS) is 12.2. The Balaban J connectivity index is 2.26. The van der Waals surface area contributed by atoms with Crippen LogP contribution in [0.1, 0.15) is 45.6 Å². The van der Waals surface area contributed by atoms with Crippen molar-refractivity contribution in [3.63, 3.8) is 0 Å². The minimum atomic E-state index is -3.66. The molecule has 210 valence electrons. The van der Waals surface area contributed by atoms with E-state index in [2.05, 4.69) is 5.32 Å². The molecule has 0 saturated heterocycles. The molecule has 0 aliphatic rings. The highest BCUT2D eigenvalue weighted by Crippen LogP contribution is 2.30. The Hall–Kier alpha value is -2.20. The quantitative estimate of drug-likeness (QED) is 0.323. The fourth-order valence-electron chi connectivity index (χ4n) is 3.95. The number of benzene rings is 2. The molecule has 0 aliphatic carbocycles. The number of rotatable bonds is 13. The Morgan fingerprint density at radius 1 is 1.03 bits per heavy atom. The number of carbonyl (C=O) groups excluding carboxylic acids is 2. The van der Waals surface area contributed by atoms with E-state index in [9.17, 15) is 18.0 Å². The lowest BCUT2D eigenvalue weighted by Gasteiger charge is -2.31. The van der Waals surface area contributed by atoms with Crippen LogP contribution in [0, 0.1) is 0 Å². The van der Waals surface area contributed by atoms with Crippen LogP contribution >= 0.6 is 34.8 Å². The van der Waals surface area contributed by atoms with Crippen LogP contribution in [0.25, 0.3) is 0 Å². The second kappa shape index (κ2) is 14.3. The fraction of sp³-hybridized carbons (Fsp3) is 0.462. The highest BCUT2D eigenvalue weighted by molar-refractivity contribution is 7.92. The van der Waals surface area contributed by atoms with Gasteiger partial charge in [-0.1, -0.05) is 47.8 Å². The van der Waals surface area contributed by atoms with E-state index in [0.717, 1.165) is 6.26 Å². The van der Waals surface area contributed by atoms with Crippen molar-refractivity contribution in [2.24, 2.45) is 0 Å². The maximum Gasteiger partial charge on any atom is 0.243 e. The van der Waals surface area contributed by atoms with Gasteiger partial charge in [0, 0.05) is 25.6 Å². The number of hydrogen-bond acceptors (Lipinski definition) is 5. The van der Waals surface area contributed by atoms with Gasteiger partial charge in [0.2, 0.25) is 21.8 Å². The van der Waals surface area contributed by atoms with E-state index in [1.165, 1.54) is 22.4 Å². The summed E-state index contributed by atoms with van der Waals surface area (Å²) in [7, 11) is -2.19. The molecule has 2 rings (SSSR count). The molecule has 0 heterocycles. The van der Waals surface area contributed by atoms with E-state index in [1.54, 1.807) is 30.3 Å². The number of sulfonamides is 1. The molecule has 2 aromatic rings. The number of carbonyl (C=O) groups is 2. The number of halogens is 3. The van der Waals surface area contributed by atoms with Crippen LogP contribution in [0.3, 0.4) is 0 Å². The van der Waals surface area contributed by atoms with E-state index >= 15 is 0 Å². The fourth-order valence-corrected chi connectivity index (χ4v) is 5.48. The lowest BCUT2D eigenvalue weighted by atomic mass is 10.1. The Morgan fingerprint density at radius 2 is 1.71 bits per heavy atom. The SMILES string of the molecule is CC[C@H](C(=O)NC(C)C)N(Cc1ccc(Cl)c(Cl)c1)C(=O)CCCN(c1ccc(OC)c(Cl)c1)S(C)(=O)=O. The maximum atomic E-state index is 13.5. The molecule has 12 heteroatoms. The molecule has 0 bridgehead atoms. The molecule has 0 aromatic heterocycles. The summed E-state index contributed by atoms with van der Waals surface area (Å²) in [6.45, 7) is 5.72. The van der Waals surface area contributed by atoms with Gasteiger partial charge in [-0.25, -0.2) is 8.42 Å². The molecule has 0 fully saturated rings. The molecule has 0 saturated carbocycles. The smallest absolute Gasteiger partial charge is 0.243 e. The number of nitrogens with one attached hydrogen (secondary N) is 1. The van der Waals surface area contributed by atoms with Gasteiger partial charge in [-0.3, -0.25) is 13.9 Å². The first-order valence-electron chi connectivity index (χ1n) is 12.1. The van der Waals surface area contributed by atoms with Crippen LogP contribution in [0.5, 0.6) is 5.75 Å². The zero-order valence-corrected chi connectivity index (χ0v) is 25.2. The van der Waals surface area contributed by atoms with Crippen molar-refractivity contribution in [1.82, 2.24) is 10.2 Å². The Labute approximate surface area is 240 Å². The zero-order chi connectivity index (χ0) is 28.6. The van der Waals surface area contributed by atoms with Gasteiger partial charge in [0.25, 0.3) is 0 Å². The van der Waals surface area contributed by atoms with Crippen molar-refractivity contribution < 1.29 is 22.7 Å². The minimum Gasteiger partial charge on any atom is -0.495 e. The summed E-state index contributed by atoms with van der Waals surface area (Å²) < 4.78 is 31.4. The van der Waals surface area contributed by atoms with Crippen molar-refractivity contribution in [2.75, 3.05) is 24.2 Å². The van der Waals surface area contributed by atoms with Gasteiger partial charge < -0.3 is 15.0 Å². The van der Waals surface area contributed by atoms with Crippen molar-refractivity contribution >= 4 is 62.3 Å². The molecular formula is C26H34Cl3N3O5S. The third-order valence-electron chi connectivity index (χ3n) is 5.73. The Kier molecular flexibility index (Phi) is 12.0. The van der Waals surface area contributed by atoms with Gasteiger partial charge in [-0.2, -0.15) is 0 Å². The highest BCUT2D eigenvalue weighted by Gasteiger charge is 2.29. The first kappa shape index (κ1) is 32.0. The monoisotopic (exact) mass is 605 g/mol. The second-order valence-electron chi connectivity index (χ2n) is 9.11. The van der Waals surface area contributed by atoms with Crippen LogP contribution < -0.4 is 14.4 Å². The van der Waals surface area contributed by atoms with Gasteiger partial charge in [-0.05, 0) is 62.6 Å². The molecule has 38 heavy (non-hydrogen) atoms. The molecule has 0 unspecified atom stereocenters. The first-order chi connectivity index (χ1) is 17.8. The summed E-state index contributed by atoms with van der Waals surface area (Å²) in [5.41, 5.74) is 1.08. The van der Waals surface area contributed by atoms with E-state index in [1.807, 2.05) is 20.8 Å². The van der Waals surface area contributed by atoms with E-state index in [-0.39, 0.29) is 48.8 Å². The predicted octanol–water partition coefficient (Wildman–Crippen LogP) is 5.53.